The van der Waals surface area contributed by atoms with E-state index >= 15 is 0 Å². The number of rotatable bonds is 1. The Labute approximate surface area is 164 Å². The maximum absolute atomic E-state index is 6.22. The number of benzene rings is 4. The van der Waals surface area contributed by atoms with Crippen molar-refractivity contribution in [2.45, 2.75) is 11.8 Å². The lowest BCUT2D eigenvalue weighted by Gasteiger charge is -2.24. The Hall–Kier alpha value is -3.52. The van der Waals surface area contributed by atoms with Crippen molar-refractivity contribution in [3.05, 3.63) is 107 Å². The van der Waals surface area contributed by atoms with Crippen molar-refractivity contribution < 1.29 is 0 Å². The Bertz CT molecular complexity index is 1160. The van der Waals surface area contributed by atoms with E-state index < -0.39 is 0 Å². The van der Waals surface area contributed by atoms with Gasteiger partial charge in [-0.2, -0.15) is 0 Å². The molecule has 0 unspecified atom stereocenters. The minimum absolute atomic E-state index is 0.235. The van der Waals surface area contributed by atoms with Crippen LogP contribution in [0.1, 0.15) is 34.1 Å². The van der Waals surface area contributed by atoms with Crippen LogP contribution in [0.4, 0.5) is 11.4 Å². The third kappa shape index (κ3) is 1.97. The molecule has 134 valence electrons. The molecule has 0 saturated carbocycles. The molecule has 0 amide bonds. The molecule has 2 aliphatic carbocycles. The van der Waals surface area contributed by atoms with Gasteiger partial charge in [0.15, 0.2) is 0 Å². The summed E-state index contributed by atoms with van der Waals surface area (Å²) < 4.78 is 0. The smallest absolute Gasteiger partial charge is 0.0317 e. The summed E-state index contributed by atoms with van der Waals surface area (Å²) in [6.07, 6.45) is 0. The first-order valence-electron chi connectivity index (χ1n) is 9.70. The van der Waals surface area contributed by atoms with Gasteiger partial charge in [0.05, 0.1) is 0 Å². The maximum Gasteiger partial charge on any atom is 0.0317 e. The Morgan fingerprint density at radius 2 is 0.821 bits per heavy atom. The van der Waals surface area contributed by atoms with Gasteiger partial charge in [-0.25, -0.2) is 0 Å². The van der Waals surface area contributed by atoms with Gasteiger partial charge >= 0.3 is 0 Å². The van der Waals surface area contributed by atoms with Gasteiger partial charge in [0.2, 0.25) is 0 Å². The van der Waals surface area contributed by atoms with Crippen LogP contribution in [0.15, 0.2) is 84.9 Å². The lowest BCUT2D eigenvalue weighted by Crippen LogP contribution is -2.10. The van der Waals surface area contributed by atoms with Crippen LogP contribution >= 0.6 is 0 Å². The zero-order chi connectivity index (χ0) is 18.8. The molecule has 28 heavy (non-hydrogen) atoms. The van der Waals surface area contributed by atoms with E-state index in [0.29, 0.717) is 0 Å². The summed E-state index contributed by atoms with van der Waals surface area (Å²) in [5.41, 5.74) is 24.7. The van der Waals surface area contributed by atoms with Crippen molar-refractivity contribution in [3.63, 3.8) is 0 Å². The molecule has 0 spiro atoms. The number of hydrogen-bond acceptors (Lipinski definition) is 2. The van der Waals surface area contributed by atoms with Gasteiger partial charge < -0.3 is 11.5 Å². The van der Waals surface area contributed by atoms with Crippen molar-refractivity contribution in [1.29, 1.82) is 0 Å². The largest absolute Gasteiger partial charge is 0.399 e. The van der Waals surface area contributed by atoms with E-state index in [2.05, 4.69) is 72.8 Å². The van der Waals surface area contributed by atoms with Gasteiger partial charge in [0.1, 0.15) is 0 Å². The quantitative estimate of drug-likeness (QED) is 0.423. The van der Waals surface area contributed by atoms with E-state index in [-0.39, 0.29) is 11.8 Å². The molecule has 4 N–H and O–H groups in total. The molecule has 2 heteroatoms. The number of anilines is 2. The number of hydrogen-bond donors (Lipinski definition) is 2. The van der Waals surface area contributed by atoms with Crippen LogP contribution < -0.4 is 11.5 Å². The lowest BCUT2D eigenvalue weighted by atomic mass is 9.78. The molecule has 0 bridgehead atoms. The van der Waals surface area contributed by atoms with Gasteiger partial charge in [0, 0.05) is 23.2 Å². The highest BCUT2D eigenvalue weighted by Crippen LogP contribution is 2.58. The Kier molecular flexibility index (Phi) is 3.05. The highest BCUT2D eigenvalue weighted by molar-refractivity contribution is 5.86. The van der Waals surface area contributed by atoms with Gasteiger partial charge in [-0.05, 0) is 68.8 Å². The van der Waals surface area contributed by atoms with E-state index in [1.165, 1.54) is 44.5 Å². The summed E-state index contributed by atoms with van der Waals surface area (Å²) in [4.78, 5) is 0. The second-order valence-corrected chi connectivity index (χ2v) is 7.82. The zero-order valence-corrected chi connectivity index (χ0v) is 15.4. The summed E-state index contributed by atoms with van der Waals surface area (Å²) in [5.74, 6) is 0.470. The average Bonchev–Trinajstić information content (AvgIpc) is 3.19. The van der Waals surface area contributed by atoms with Crippen molar-refractivity contribution in [1.82, 2.24) is 0 Å². The van der Waals surface area contributed by atoms with Crippen molar-refractivity contribution in [2.24, 2.45) is 0 Å². The fourth-order valence-electron chi connectivity index (χ4n) is 5.25. The minimum Gasteiger partial charge on any atom is -0.399 e. The maximum atomic E-state index is 6.22. The predicted octanol–water partition coefficient (Wildman–Crippen LogP) is 5.78. The second kappa shape index (κ2) is 5.49. The van der Waals surface area contributed by atoms with E-state index in [4.69, 9.17) is 11.5 Å². The summed E-state index contributed by atoms with van der Waals surface area (Å²) in [6, 6.07) is 30.2. The molecule has 2 aliphatic rings. The van der Waals surface area contributed by atoms with Gasteiger partial charge in [-0.3, -0.25) is 0 Å². The Morgan fingerprint density at radius 1 is 0.429 bits per heavy atom. The SMILES string of the molecule is Nc1ccc2c(c1)[C@H]([C@@H]1c3ccccc3-c3ccc(N)cc31)c1ccccc1-2. The number of nitrogens with two attached hydrogens (primary N) is 2. The molecule has 2 atom stereocenters. The summed E-state index contributed by atoms with van der Waals surface area (Å²) in [7, 11) is 0. The molecule has 2 nitrogen and oxygen atoms in total. The third-order valence-electron chi connectivity index (χ3n) is 6.33. The minimum atomic E-state index is 0.235. The third-order valence-corrected chi connectivity index (χ3v) is 6.33. The molecule has 0 radical (unpaired) electrons. The van der Waals surface area contributed by atoms with Crippen molar-refractivity contribution >= 4 is 11.4 Å². The van der Waals surface area contributed by atoms with E-state index in [9.17, 15) is 0 Å². The summed E-state index contributed by atoms with van der Waals surface area (Å²) >= 11 is 0. The highest BCUT2D eigenvalue weighted by Gasteiger charge is 2.40. The lowest BCUT2D eigenvalue weighted by molar-refractivity contribution is 0.724. The molecule has 0 heterocycles. The molecule has 0 aromatic heterocycles. The highest BCUT2D eigenvalue weighted by atomic mass is 14.6. The van der Waals surface area contributed by atoms with Gasteiger partial charge in [-0.15, -0.1) is 0 Å². The molecule has 4 aromatic rings. The van der Waals surface area contributed by atoms with Crippen LogP contribution in [-0.2, 0) is 0 Å². The molecule has 0 fully saturated rings. The normalized spacial score (nSPS) is 18.3. The van der Waals surface area contributed by atoms with Crippen LogP contribution in [0.25, 0.3) is 22.3 Å². The van der Waals surface area contributed by atoms with E-state index in [0.717, 1.165) is 11.4 Å². The van der Waals surface area contributed by atoms with Gasteiger partial charge in [0.25, 0.3) is 0 Å². The molecule has 6 rings (SSSR count). The predicted molar refractivity (Wildman–Crippen MR) is 116 cm³/mol. The van der Waals surface area contributed by atoms with E-state index in [1.807, 2.05) is 12.1 Å². The van der Waals surface area contributed by atoms with Crippen LogP contribution in [0.2, 0.25) is 0 Å². The first-order valence-corrected chi connectivity index (χ1v) is 9.70. The molecule has 0 aliphatic heterocycles. The summed E-state index contributed by atoms with van der Waals surface area (Å²) in [5, 5.41) is 0. The monoisotopic (exact) mass is 360 g/mol. The fraction of sp³-hybridized carbons (Fsp3) is 0.0769. The topological polar surface area (TPSA) is 52.0 Å². The van der Waals surface area contributed by atoms with Crippen molar-refractivity contribution in [2.75, 3.05) is 11.5 Å². The Balaban J connectivity index is 1.68. The summed E-state index contributed by atoms with van der Waals surface area (Å²) in [6.45, 7) is 0. The standard InChI is InChI=1S/C26H20N2/c27-15-9-11-19-17-5-1-3-7-21(17)25(23(19)13-15)26-22-8-4-2-6-18(22)20-12-10-16(28)14-24(20)26/h1-14,25-26H,27-28H2/t25-,26-/m1/s1. The van der Waals surface area contributed by atoms with E-state index in [1.54, 1.807) is 0 Å². The molecule has 4 aromatic carbocycles. The van der Waals surface area contributed by atoms with Crippen LogP contribution in [0.5, 0.6) is 0 Å². The van der Waals surface area contributed by atoms with Gasteiger partial charge in [-0.1, -0.05) is 60.7 Å². The first kappa shape index (κ1) is 15.5. The fourth-order valence-corrected chi connectivity index (χ4v) is 5.25. The number of fused-ring (bicyclic) bond motifs is 6. The molecule has 0 saturated heterocycles. The molecular weight excluding hydrogens is 340 g/mol. The second-order valence-electron chi connectivity index (χ2n) is 7.82. The molecular formula is C26H20N2. The Morgan fingerprint density at radius 3 is 1.29 bits per heavy atom. The van der Waals surface area contributed by atoms with Crippen LogP contribution in [-0.4, -0.2) is 0 Å². The first-order chi connectivity index (χ1) is 13.7. The number of nitrogen functional groups attached to an aromatic ring is 2. The van der Waals surface area contributed by atoms with Crippen LogP contribution in [0, 0.1) is 0 Å². The van der Waals surface area contributed by atoms with Crippen LogP contribution in [0.3, 0.4) is 0 Å². The zero-order valence-electron chi connectivity index (χ0n) is 15.4. The average molecular weight is 360 g/mol. The van der Waals surface area contributed by atoms with Crippen molar-refractivity contribution in [3.8, 4) is 22.3 Å².